The Morgan fingerprint density at radius 2 is 2.00 bits per heavy atom. The van der Waals surface area contributed by atoms with Crippen molar-refractivity contribution in [3.8, 4) is 0 Å². The minimum absolute atomic E-state index is 0.142. The molecule has 4 nitrogen and oxygen atoms in total. The molecule has 0 aromatic heterocycles. The van der Waals surface area contributed by atoms with Crippen molar-refractivity contribution < 1.29 is 4.92 Å². The molecule has 0 spiro atoms. The van der Waals surface area contributed by atoms with Crippen LogP contribution in [0.3, 0.4) is 0 Å². The lowest BCUT2D eigenvalue weighted by Gasteiger charge is -2.15. The largest absolute Gasteiger partial charge is 0.324 e. The molecule has 82 valence electrons. The summed E-state index contributed by atoms with van der Waals surface area (Å²) in [5, 5.41) is 10.7. The summed E-state index contributed by atoms with van der Waals surface area (Å²) in [5.74, 6) is 0.271. The van der Waals surface area contributed by atoms with E-state index in [0.29, 0.717) is 5.56 Å². The standard InChI is InChI=1S/C11H16N2O2/c1-7(2)11(12)9-5-4-8(3)10(6-9)13(14)15/h4-7,11H,12H2,1-3H3/t11-/m1/s1. The highest BCUT2D eigenvalue weighted by molar-refractivity contribution is 5.43. The maximum Gasteiger partial charge on any atom is 0.272 e. The third kappa shape index (κ3) is 2.53. The highest BCUT2D eigenvalue weighted by atomic mass is 16.6. The lowest BCUT2D eigenvalue weighted by molar-refractivity contribution is -0.385. The molecule has 0 aliphatic heterocycles. The van der Waals surface area contributed by atoms with E-state index in [0.717, 1.165) is 5.56 Å². The van der Waals surface area contributed by atoms with Gasteiger partial charge in [0.2, 0.25) is 0 Å². The molecule has 0 aliphatic rings. The van der Waals surface area contributed by atoms with Crippen LogP contribution < -0.4 is 5.73 Å². The van der Waals surface area contributed by atoms with Crippen molar-refractivity contribution in [2.24, 2.45) is 11.7 Å². The van der Waals surface area contributed by atoms with Gasteiger partial charge in [-0.15, -0.1) is 0 Å². The Morgan fingerprint density at radius 1 is 1.40 bits per heavy atom. The van der Waals surface area contributed by atoms with Gasteiger partial charge in [-0.1, -0.05) is 26.0 Å². The van der Waals surface area contributed by atoms with E-state index in [1.165, 1.54) is 0 Å². The van der Waals surface area contributed by atoms with E-state index in [2.05, 4.69) is 0 Å². The van der Waals surface area contributed by atoms with Gasteiger partial charge in [0.15, 0.2) is 0 Å². The predicted octanol–water partition coefficient (Wildman–Crippen LogP) is 2.56. The van der Waals surface area contributed by atoms with Gasteiger partial charge < -0.3 is 5.73 Å². The quantitative estimate of drug-likeness (QED) is 0.613. The van der Waals surface area contributed by atoms with Crippen molar-refractivity contribution in [1.82, 2.24) is 0 Å². The van der Waals surface area contributed by atoms with Crippen molar-refractivity contribution >= 4 is 5.69 Å². The van der Waals surface area contributed by atoms with Crippen molar-refractivity contribution in [1.29, 1.82) is 0 Å². The molecule has 0 bridgehead atoms. The van der Waals surface area contributed by atoms with Crippen molar-refractivity contribution in [2.45, 2.75) is 26.8 Å². The van der Waals surface area contributed by atoms with E-state index in [9.17, 15) is 10.1 Å². The lowest BCUT2D eigenvalue weighted by atomic mass is 9.96. The first kappa shape index (κ1) is 11.7. The second-order valence-electron chi connectivity index (χ2n) is 4.07. The summed E-state index contributed by atoms with van der Waals surface area (Å²) < 4.78 is 0. The highest BCUT2D eigenvalue weighted by Gasteiger charge is 2.16. The Balaban J connectivity index is 3.13. The Morgan fingerprint density at radius 3 is 2.47 bits per heavy atom. The third-order valence-corrected chi connectivity index (χ3v) is 2.53. The maximum atomic E-state index is 10.7. The summed E-state index contributed by atoms with van der Waals surface area (Å²) in [4.78, 5) is 10.4. The molecule has 15 heavy (non-hydrogen) atoms. The average Bonchev–Trinajstić information content (AvgIpc) is 2.16. The molecule has 4 heteroatoms. The molecule has 0 saturated heterocycles. The molecule has 1 aromatic rings. The Labute approximate surface area is 89.2 Å². The van der Waals surface area contributed by atoms with Crippen molar-refractivity contribution in [2.75, 3.05) is 0 Å². The Bertz CT molecular complexity index is 375. The van der Waals surface area contributed by atoms with Gasteiger partial charge in [-0.3, -0.25) is 10.1 Å². The molecule has 0 amide bonds. The number of hydrogen-bond acceptors (Lipinski definition) is 3. The normalized spacial score (nSPS) is 12.9. The van der Waals surface area contributed by atoms with Crippen LogP contribution in [0.5, 0.6) is 0 Å². The van der Waals surface area contributed by atoms with Gasteiger partial charge in [0, 0.05) is 17.7 Å². The number of nitrogens with two attached hydrogens (primary N) is 1. The second-order valence-corrected chi connectivity index (χ2v) is 4.07. The molecule has 2 N–H and O–H groups in total. The Hall–Kier alpha value is -1.42. The van der Waals surface area contributed by atoms with Gasteiger partial charge in [0.25, 0.3) is 5.69 Å². The average molecular weight is 208 g/mol. The number of nitro groups is 1. The van der Waals surface area contributed by atoms with Gasteiger partial charge in [-0.05, 0) is 18.4 Å². The molecule has 1 atom stereocenters. The van der Waals surface area contributed by atoms with Gasteiger partial charge in [0.1, 0.15) is 0 Å². The van der Waals surface area contributed by atoms with E-state index in [4.69, 9.17) is 5.73 Å². The monoisotopic (exact) mass is 208 g/mol. The number of aryl methyl sites for hydroxylation is 1. The van der Waals surface area contributed by atoms with Crippen LogP contribution in [0.2, 0.25) is 0 Å². The zero-order chi connectivity index (χ0) is 11.6. The second kappa shape index (κ2) is 4.40. The van der Waals surface area contributed by atoms with Gasteiger partial charge in [0.05, 0.1) is 4.92 Å². The predicted molar refractivity (Wildman–Crippen MR) is 59.6 cm³/mol. The summed E-state index contributed by atoms with van der Waals surface area (Å²) in [6.45, 7) is 5.72. The molecule has 0 fully saturated rings. The van der Waals surface area contributed by atoms with Crippen LogP contribution in [0.1, 0.15) is 31.0 Å². The number of hydrogen-bond donors (Lipinski definition) is 1. The van der Waals surface area contributed by atoms with Crippen LogP contribution in [0.25, 0.3) is 0 Å². The molecule has 0 radical (unpaired) electrons. The highest BCUT2D eigenvalue weighted by Crippen LogP contribution is 2.25. The first-order valence-electron chi connectivity index (χ1n) is 4.94. The summed E-state index contributed by atoms with van der Waals surface area (Å²) >= 11 is 0. The van der Waals surface area contributed by atoms with Crippen LogP contribution in [0.15, 0.2) is 18.2 Å². The lowest BCUT2D eigenvalue weighted by Crippen LogP contribution is -2.16. The number of benzene rings is 1. The Kier molecular flexibility index (Phi) is 3.42. The van der Waals surface area contributed by atoms with Crippen LogP contribution >= 0.6 is 0 Å². The first-order chi connectivity index (χ1) is 6.93. The summed E-state index contributed by atoms with van der Waals surface area (Å²) in [6, 6.07) is 5.02. The fourth-order valence-electron chi connectivity index (χ4n) is 1.42. The van der Waals surface area contributed by atoms with Crippen molar-refractivity contribution in [3.05, 3.63) is 39.4 Å². The van der Waals surface area contributed by atoms with Crippen molar-refractivity contribution in [3.63, 3.8) is 0 Å². The number of nitro benzene ring substituents is 1. The smallest absolute Gasteiger partial charge is 0.272 e. The number of nitrogens with zero attached hydrogens (tertiary/aromatic N) is 1. The van der Waals surface area contributed by atoms with Gasteiger partial charge in [-0.2, -0.15) is 0 Å². The third-order valence-electron chi connectivity index (χ3n) is 2.53. The van der Waals surface area contributed by atoms with E-state index in [1.807, 2.05) is 19.9 Å². The van der Waals surface area contributed by atoms with E-state index in [1.54, 1.807) is 19.1 Å². The fourth-order valence-corrected chi connectivity index (χ4v) is 1.42. The van der Waals surface area contributed by atoms with Gasteiger partial charge >= 0.3 is 0 Å². The summed E-state index contributed by atoms with van der Waals surface area (Å²) in [7, 11) is 0. The summed E-state index contributed by atoms with van der Waals surface area (Å²) in [6.07, 6.45) is 0. The van der Waals surface area contributed by atoms with Crippen LogP contribution in [0, 0.1) is 23.0 Å². The van der Waals surface area contributed by atoms with Crippen LogP contribution in [-0.4, -0.2) is 4.92 Å². The van der Waals surface area contributed by atoms with Crippen LogP contribution in [0.4, 0.5) is 5.69 Å². The summed E-state index contributed by atoms with van der Waals surface area (Å²) in [5.41, 5.74) is 7.56. The molecule has 1 rings (SSSR count). The molecule has 0 heterocycles. The SMILES string of the molecule is Cc1ccc([C@H](N)C(C)C)cc1[N+](=O)[O-]. The maximum absolute atomic E-state index is 10.7. The zero-order valence-corrected chi connectivity index (χ0v) is 9.23. The molecule has 0 aliphatic carbocycles. The van der Waals surface area contributed by atoms with E-state index >= 15 is 0 Å². The van der Waals surface area contributed by atoms with E-state index in [-0.39, 0.29) is 22.6 Å². The molecule has 1 aromatic carbocycles. The fraction of sp³-hybridized carbons (Fsp3) is 0.455. The van der Waals surface area contributed by atoms with E-state index < -0.39 is 0 Å². The molecule has 0 saturated carbocycles. The molecular weight excluding hydrogens is 192 g/mol. The van der Waals surface area contributed by atoms with Crippen LogP contribution in [-0.2, 0) is 0 Å². The first-order valence-corrected chi connectivity index (χ1v) is 4.94. The van der Waals surface area contributed by atoms with Gasteiger partial charge in [-0.25, -0.2) is 0 Å². The minimum Gasteiger partial charge on any atom is -0.324 e. The zero-order valence-electron chi connectivity index (χ0n) is 9.23. The number of rotatable bonds is 3. The minimum atomic E-state index is -0.369. The molecule has 0 unspecified atom stereocenters. The molecular formula is C11H16N2O2. The topological polar surface area (TPSA) is 69.2 Å².